The molecule has 2 aromatic rings. The molecule has 1 N–H and O–H groups in total. The zero-order valence-electron chi connectivity index (χ0n) is 9.75. The molecule has 1 atom stereocenters. The summed E-state index contributed by atoms with van der Waals surface area (Å²) in [4.78, 5) is 1.39. The summed E-state index contributed by atoms with van der Waals surface area (Å²) < 4.78 is 2.79. The second-order valence-electron chi connectivity index (χ2n) is 4.03. The predicted octanol–water partition coefficient (Wildman–Crippen LogP) is 4.58. The predicted molar refractivity (Wildman–Crippen MR) is 75.6 cm³/mol. The fourth-order valence-corrected chi connectivity index (χ4v) is 4.02. The number of nitrogens with one attached hydrogen (secondary N) is 1. The Morgan fingerprint density at radius 1 is 1.50 bits per heavy atom. The van der Waals surface area contributed by atoms with Gasteiger partial charge in [-0.1, -0.05) is 19.1 Å². The molecule has 0 saturated heterocycles. The summed E-state index contributed by atoms with van der Waals surface area (Å²) in [5.74, 6) is 0. The molecule has 0 aliphatic carbocycles. The molecule has 3 heteroatoms. The van der Waals surface area contributed by atoms with E-state index in [1.165, 1.54) is 19.9 Å². The van der Waals surface area contributed by atoms with Crippen molar-refractivity contribution in [1.82, 2.24) is 5.32 Å². The Bertz CT molecular complexity index is 452. The highest BCUT2D eigenvalue weighted by Crippen LogP contribution is 2.35. The van der Waals surface area contributed by atoms with Crippen LogP contribution >= 0.6 is 22.7 Å². The standard InChI is InChI=1S/C13H17NS2/c1-4-6-14-13(9(2)3)12-8-11-10(16-12)5-7-15-11/h5,7-8,13-14H,2,4,6H2,1,3H3. The van der Waals surface area contributed by atoms with Crippen LogP contribution in [0.25, 0.3) is 9.40 Å². The van der Waals surface area contributed by atoms with Gasteiger partial charge in [0.2, 0.25) is 0 Å². The molecular formula is C13H17NS2. The monoisotopic (exact) mass is 251 g/mol. The minimum Gasteiger partial charge on any atom is -0.306 e. The van der Waals surface area contributed by atoms with Crippen molar-refractivity contribution in [3.63, 3.8) is 0 Å². The molecular weight excluding hydrogens is 234 g/mol. The fourth-order valence-electron chi connectivity index (χ4n) is 1.73. The van der Waals surface area contributed by atoms with Crippen molar-refractivity contribution >= 4 is 32.1 Å². The zero-order chi connectivity index (χ0) is 11.5. The highest BCUT2D eigenvalue weighted by Gasteiger charge is 2.14. The van der Waals surface area contributed by atoms with E-state index in [0.717, 1.165) is 13.0 Å². The summed E-state index contributed by atoms with van der Waals surface area (Å²) in [5.41, 5.74) is 1.20. The Morgan fingerprint density at radius 2 is 2.31 bits per heavy atom. The first kappa shape index (κ1) is 11.8. The lowest BCUT2D eigenvalue weighted by Gasteiger charge is -2.16. The number of rotatable bonds is 5. The number of hydrogen-bond donors (Lipinski definition) is 1. The molecule has 0 spiro atoms. The van der Waals surface area contributed by atoms with E-state index >= 15 is 0 Å². The van der Waals surface area contributed by atoms with Crippen LogP contribution in [0, 0.1) is 0 Å². The summed E-state index contributed by atoms with van der Waals surface area (Å²) in [6.45, 7) is 9.42. The normalized spacial score (nSPS) is 13.1. The molecule has 0 aromatic carbocycles. The van der Waals surface area contributed by atoms with Gasteiger partial charge in [0.25, 0.3) is 0 Å². The average molecular weight is 251 g/mol. The maximum absolute atomic E-state index is 4.09. The molecule has 0 fully saturated rings. The van der Waals surface area contributed by atoms with E-state index in [0.29, 0.717) is 6.04 Å². The first-order valence-electron chi connectivity index (χ1n) is 5.58. The Kier molecular flexibility index (Phi) is 3.79. The summed E-state index contributed by atoms with van der Waals surface area (Å²) >= 11 is 3.69. The van der Waals surface area contributed by atoms with E-state index in [-0.39, 0.29) is 0 Å². The van der Waals surface area contributed by atoms with Gasteiger partial charge in [-0.3, -0.25) is 0 Å². The molecule has 0 aliphatic rings. The minimum atomic E-state index is 0.324. The number of hydrogen-bond acceptors (Lipinski definition) is 3. The highest BCUT2D eigenvalue weighted by atomic mass is 32.1. The molecule has 0 bridgehead atoms. The molecule has 16 heavy (non-hydrogen) atoms. The first-order chi connectivity index (χ1) is 7.72. The van der Waals surface area contributed by atoms with Crippen molar-refractivity contribution in [2.24, 2.45) is 0 Å². The molecule has 0 amide bonds. The Balaban J connectivity index is 2.25. The van der Waals surface area contributed by atoms with E-state index in [2.05, 4.69) is 43.3 Å². The molecule has 2 heterocycles. The lowest BCUT2D eigenvalue weighted by molar-refractivity contribution is 0.598. The van der Waals surface area contributed by atoms with Gasteiger partial charge in [0, 0.05) is 14.3 Å². The van der Waals surface area contributed by atoms with Crippen LogP contribution in [-0.4, -0.2) is 6.54 Å². The van der Waals surface area contributed by atoms with Gasteiger partial charge in [-0.05, 0) is 37.4 Å². The van der Waals surface area contributed by atoms with Gasteiger partial charge in [-0.15, -0.1) is 22.7 Å². The summed E-state index contributed by atoms with van der Waals surface area (Å²) in [7, 11) is 0. The minimum absolute atomic E-state index is 0.324. The van der Waals surface area contributed by atoms with Crippen molar-refractivity contribution in [1.29, 1.82) is 0 Å². The van der Waals surface area contributed by atoms with E-state index < -0.39 is 0 Å². The van der Waals surface area contributed by atoms with E-state index in [1.807, 2.05) is 22.7 Å². The lowest BCUT2D eigenvalue weighted by Crippen LogP contribution is -2.21. The maximum atomic E-state index is 4.09. The van der Waals surface area contributed by atoms with Crippen molar-refractivity contribution in [3.05, 3.63) is 34.5 Å². The van der Waals surface area contributed by atoms with Crippen molar-refractivity contribution in [3.8, 4) is 0 Å². The van der Waals surface area contributed by atoms with Crippen molar-refractivity contribution < 1.29 is 0 Å². The molecule has 86 valence electrons. The third-order valence-electron chi connectivity index (χ3n) is 2.53. The number of thiophene rings is 2. The Labute approximate surface area is 105 Å². The van der Waals surface area contributed by atoms with Crippen LogP contribution in [0.3, 0.4) is 0 Å². The third-order valence-corrected chi connectivity index (χ3v) is 4.69. The second-order valence-corrected chi connectivity index (χ2v) is 6.09. The quantitative estimate of drug-likeness (QED) is 0.767. The van der Waals surface area contributed by atoms with Crippen molar-refractivity contribution in [2.75, 3.05) is 6.54 Å². The van der Waals surface area contributed by atoms with Crippen LogP contribution in [0.4, 0.5) is 0 Å². The van der Waals surface area contributed by atoms with Gasteiger partial charge in [0.15, 0.2) is 0 Å². The summed E-state index contributed by atoms with van der Waals surface area (Å²) in [5, 5.41) is 5.70. The third kappa shape index (κ3) is 2.37. The second kappa shape index (κ2) is 5.13. The largest absolute Gasteiger partial charge is 0.306 e. The van der Waals surface area contributed by atoms with Gasteiger partial charge >= 0.3 is 0 Å². The summed E-state index contributed by atoms with van der Waals surface area (Å²) in [6, 6.07) is 4.82. The molecule has 2 aromatic heterocycles. The van der Waals surface area contributed by atoms with Gasteiger partial charge in [-0.2, -0.15) is 0 Å². The molecule has 2 rings (SSSR count). The zero-order valence-corrected chi connectivity index (χ0v) is 11.4. The van der Waals surface area contributed by atoms with Crippen LogP contribution < -0.4 is 5.32 Å². The van der Waals surface area contributed by atoms with Crippen LogP contribution in [0.15, 0.2) is 29.7 Å². The van der Waals surface area contributed by atoms with Crippen LogP contribution in [-0.2, 0) is 0 Å². The van der Waals surface area contributed by atoms with Gasteiger partial charge in [-0.25, -0.2) is 0 Å². The number of fused-ring (bicyclic) bond motifs is 1. The topological polar surface area (TPSA) is 12.0 Å². The van der Waals surface area contributed by atoms with Crippen LogP contribution in [0.5, 0.6) is 0 Å². The van der Waals surface area contributed by atoms with Gasteiger partial charge in [0.05, 0.1) is 6.04 Å². The van der Waals surface area contributed by atoms with E-state index in [4.69, 9.17) is 0 Å². The Hall–Kier alpha value is -0.640. The Morgan fingerprint density at radius 3 is 2.94 bits per heavy atom. The molecule has 0 radical (unpaired) electrons. The van der Waals surface area contributed by atoms with E-state index in [9.17, 15) is 0 Å². The van der Waals surface area contributed by atoms with E-state index in [1.54, 1.807) is 0 Å². The molecule has 0 aliphatic heterocycles. The maximum Gasteiger partial charge on any atom is 0.0625 e. The SMILES string of the molecule is C=C(C)C(NCCC)c1cc2sccc2s1. The molecule has 1 nitrogen and oxygen atoms in total. The highest BCUT2D eigenvalue weighted by molar-refractivity contribution is 7.27. The fraction of sp³-hybridized carbons (Fsp3) is 0.385. The van der Waals surface area contributed by atoms with Crippen LogP contribution in [0.2, 0.25) is 0 Å². The lowest BCUT2D eigenvalue weighted by atomic mass is 10.1. The van der Waals surface area contributed by atoms with Gasteiger partial charge in [0.1, 0.15) is 0 Å². The molecule has 0 saturated carbocycles. The average Bonchev–Trinajstić information content (AvgIpc) is 2.77. The van der Waals surface area contributed by atoms with Crippen LogP contribution in [0.1, 0.15) is 31.2 Å². The van der Waals surface area contributed by atoms with Crippen molar-refractivity contribution in [2.45, 2.75) is 26.3 Å². The summed E-state index contributed by atoms with van der Waals surface area (Å²) in [6.07, 6.45) is 1.16. The van der Waals surface area contributed by atoms with Gasteiger partial charge < -0.3 is 5.32 Å². The first-order valence-corrected chi connectivity index (χ1v) is 7.27. The molecule has 1 unspecified atom stereocenters. The smallest absolute Gasteiger partial charge is 0.0625 e.